The lowest BCUT2D eigenvalue weighted by molar-refractivity contribution is -0.285. The summed E-state index contributed by atoms with van der Waals surface area (Å²) in [4.78, 5) is 16.8. The van der Waals surface area contributed by atoms with Crippen LogP contribution in [0.4, 0.5) is 0 Å². The lowest BCUT2D eigenvalue weighted by Crippen LogP contribution is -2.58. The molecular weight excluding hydrogens is 247 g/mol. The molecule has 0 bridgehead atoms. The molecule has 1 saturated heterocycles. The number of rotatable bonds is 3. The van der Waals surface area contributed by atoms with Gasteiger partial charge >= 0.3 is 7.82 Å². The Bertz CT molecular complexity index is 317. The number of aliphatic hydroxyl groups is 4. The summed E-state index contributed by atoms with van der Waals surface area (Å²) in [7, 11) is -4.84. The predicted octanol–water partition coefficient (Wildman–Crippen LogP) is -3.10. The summed E-state index contributed by atoms with van der Waals surface area (Å²) in [5, 5.41) is 37.0. The molecule has 1 unspecified atom stereocenters. The molecule has 10 heteroatoms. The van der Waals surface area contributed by atoms with E-state index in [4.69, 9.17) is 21.4 Å². The monoisotopic (exact) mass is 261 g/mol. The van der Waals surface area contributed by atoms with Gasteiger partial charge in [0.05, 0.1) is 7.98 Å². The van der Waals surface area contributed by atoms with Crippen molar-refractivity contribution in [3.8, 4) is 0 Å². The maximum atomic E-state index is 10.4. The summed E-state index contributed by atoms with van der Waals surface area (Å²) in [5.41, 5.74) is 0. The largest absolute Gasteiger partial charge is 0.469 e. The average molecular weight is 261 g/mol. The molecule has 1 rings (SSSR count). The third-order valence-electron chi connectivity index (χ3n) is 1.95. The molecular formula is C6H13O9P. The summed E-state index contributed by atoms with van der Waals surface area (Å²) in [6.45, 7) is -0.939. The van der Waals surface area contributed by atoms with Crippen LogP contribution >= 0.6 is 7.82 Å². The molecule has 1 heterocycles. The molecule has 0 radical (unpaired) electrons. The number of ether oxygens (including phenoxy) is 1. The Balaban J connectivity index is 2.74. The van der Waals surface area contributed by atoms with Crippen LogP contribution in [0.5, 0.6) is 0 Å². The number of phosphoric ester groups is 1. The molecule has 1 aliphatic rings. The smallest absolute Gasteiger partial charge is 0.387 e. The Morgan fingerprint density at radius 1 is 1.25 bits per heavy atom. The van der Waals surface area contributed by atoms with Gasteiger partial charge in [0.25, 0.3) is 0 Å². The minimum absolute atomic E-state index is 0.939. The van der Waals surface area contributed by atoms with Gasteiger partial charge < -0.3 is 34.9 Å². The molecule has 0 aliphatic carbocycles. The fourth-order valence-electron chi connectivity index (χ4n) is 1.13. The van der Waals surface area contributed by atoms with Crippen LogP contribution in [0.2, 0.25) is 0 Å². The minimum Gasteiger partial charge on any atom is -0.387 e. The van der Waals surface area contributed by atoms with Crippen molar-refractivity contribution in [2.24, 2.45) is 0 Å². The predicted molar refractivity (Wildman–Crippen MR) is 46.9 cm³/mol. The van der Waals surface area contributed by atoms with Gasteiger partial charge in [-0.1, -0.05) is 0 Å². The molecule has 6 N–H and O–H groups in total. The molecule has 0 aromatic heterocycles. The van der Waals surface area contributed by atoms with Gasteiger partial charge in [0, 0.05) is 0 Å². The number of aliphatic hydroxyl groups excluding tert-OH is 3. The fraction of sp³-hybridized carbons (Fsp3) is 1.00. The first-order valence-electron chi connectivity index (χ1n) is 4.68. The zero-order chi connectivity index (χ0) is 13.4. The molecule has 0 aromatic rings. The van der Waals surface area contributed by atoms with Crippen molar-refractivity contribution in [2.45, 2.75) is 30.7 Å². The van der Waals surface area contributed by atoms with Gasteiger partial charge in [-0.05, 0) is 0 Å². The van der Waals surface area contributed by atoms with Gasteiger partial charge in [-0.25, -0.2) is 4.57 Å². The van der Waals surface area contributed by atoms with Crippen molar-refractivity contribution in [3.63, 3.8) is 0 Å². The number of phosphoric acid groups is 1. The van der Waals surface area contributed by atoms with Gasteiger partial charge in [0.15, 0.2) is 6.29 Å². The lowest BCUT2D eigenvalue weighted by Gasteiger charge is -2.38. The van der Waals surface area contributed by atoms with Crippen molar-refractivity contribution in [1.82, 2.24) is 0 Å². The van der Waals surface area contributed by atoms with E-state index in [1.807, 2.05) is 0 Å². The van der Waals surface area contributed by atoms with E-state index in [1.54, 1.807) is 0 Å². The van der Waals surface area contributed by atoms with Gasteiger partial charge in [0.1, 0.15) is 24.4 Å². The second-order valence-corrected chi connectivity index (χ2v) is 4.40. The molecule has 16 heavy (non-hydrogen) atoms. The van der Waals surface area contributed by atoms with Crippen LogP contribution in [0.25, 0.3) is 0 Å². The van der Waals surface area contributed by atoms with Crippen molar-refractivity contribution in [1.29, 1.82) is 0 Å². The summed E-state index contributed by atoms with van der Waals surface area (Å²) in [6.07, 6.45) is -10.4. The Kier molecular flexibility index (Phi) is 3.90. The molecule has 5 atom stereocenters. The zero-order valence-electron chi connectivity index (χ0n) is 8.87. The number of hydrogen-bond donors (Lipinski definition) is 6. The SMILES string of the molecule is [2H][C@]1(O)[C@H](O)[C@@H](O)C(O)O[C@@H]1COP(=O)(O)O. The molecule has 9 nitrogen and oxygen atoms in total. The van der Waals surface area contributed by atoms with E-state index in [0.29, 0.717) is 0 Å². The summed E-state index contributed by atoms with van der Waals surface area (Å²) in [6, 6.07) is 0. The standard InChI is InChI=1S/C6H13O9P/c7-3-2(1-14-16(11,12)13)15-6(10)5(9)4(3)8/h2-10H,1H2,(H2,11,12,13)/t2-,3-,4+,5-,6?/m1/s1/i3D. The van der Waals surface area contributed by atoms with Crippen molar-refractivity contribution in [2.75, 3.05) is 6.61 Å². The summed E-state index contributed by atoms with van der Waals surface area (Å²) in [5.74, 6) is 0. The quantitative estimate of drug-likeness (QED) is 0.289. The lowest BCUT2D eigenvalue weighted by atomic mass is 10.00. The van der Waals surface area contributed by atoms with E-state index in [9.17, 15) is 14.8 Å². The van der Waals surface area contributed by atoms with E-state index < -0.39 is 45.1 Å². The highest BCUT2D eigenvalue weighted by Gasteiger charge is 2.43. The molecule has 0 saturated carbocycles. The molecule has 0 spiro atoms. The third-order valence-corrected chi connectivity index (χ3v) is 2.43. The van der Waals surface area contributed by atoms with Crippen molar-refractivity contribution in [3.05, 3.63) is 0 Å². The van der Waals surface area contributed by atoms with Crippen molar-refractivity contribution < 1.29 is 45.4 Å². The third kappa shape index (κ3) is 3.45. The first-order valence-corrected chi connectivity index (χ1v) is 5.71. The Morgan fingerprint density at radius 2 is 1.81 bits per heavy atom. The maximum absolute atomic E-state index is 10.4. The van der Waals surface area contributed by atoms with Crippen LogP contribution in [-0.2, 0) is 13.8 Å². The fourth-order valence-corrected chi connectivity index (χ4v) is 1.46. The van der Waals surface area contributed by atoms with E-state index in [0.717, 1.165) is 0 Å². The molecule has 0 amide bonds. The first kappa shape index (κ1) is 12.4. The van der Waals surface area contributed by atoms with Gasteiger partial charge in [-0.2, -0.15) is 0 Å². The summed E-state index contributed by atoms with van der Waals surface area (Å²) < 4.78 is 26.2. The van der Waals surface area contributed by atoms with Crippen LogP contribution in [0, 0.1) is 0 Å². The van der Waals surface area contributed by atoms with Gasteiger partial charge in [-0.15, -0.1) is 0 Å². The highest BCUT2D eigenvalue weighted by Crippen LogP contribution is 2.36. The Morgan fingerprint density at radius 3 is 2.31 bits per heavy atom. The summed E-state index contributed by atoms with van der Waals surface area (Å²) >= 11 is 0. The van der Waals surface area contributed by atoms with Gasteiger partial charge in [0.2, 0.25) is 0 Å². The van der Waals surface area contributed by atoms with E-state index >= 15 is 0 Å². The highest BCUT2D eigenvalue weighted by molar-refractivity contribution is 7.46. The Labute approximate surface area is 91.5 Å². The number of hydrogen-bond acceptors (Lipinski definition) is 7. The van der Waals surface area contributed by atoms with Crippen molar-refractivity contribution >= 4 is 7.82 Å². The van der Waals surface area contributed by atoms with Gasteiger partial charge in [-0.3, -0.25) is 4.52 Å². The van der Waals surface area contributed by atoms with E-state index in [-0.39, 0.29) is 0 Å². The molecule has 1 fully saturated rings. The van der Waals surface area contributed by atoms with Crippen LogP contribution in [0.3, 0.4) is 0 Å². The molecule has 1 aliphatic heterocycles. The van der Waals surface area contributed by atoms with E-state index in [1.165, 1.54) is 0 Å². The Hall–Kier alpha value is -0.0900. The average Bonchev–Trinajstić information content (AvgIpc) is 2.18. The zero-order valence-corrected chi connectivity index (χ0v) is 8.77. The molecule has 96 valence electrons. The first-order chi connectivity index (χ1) is 7.55. The maximum Gasteiger partial charge on any atom is 0.469 e. The highest BCUT2D eigenvalue weighted by atomic mass is 31.2. The van der Waals surface area contributed by atoms with Crippen LogP contribution < -0.4 is 0 Å². The molecule has 0 aromatic carbocycles. The normalized spacial score (nSPS) is 46.5. The second kappa shape index (κ2) is 5.05. The van der Waals surface area contributed by atoms with Crippen LogP contribution in [0.15, 0.2) is 0 Å². The second-order valence-electron chi connectivity index (χ2n) is 3.16. The van der Waals surface area contributed by atoms with E-state index in [2.05, 4.69) is 9.26 Å². The van der Waals surface area contributed by atoms with Crippen LogP contribution in [-0.4, -0.2) is 67.5 Å². The van der Waals surface area contributed by atoms with Crippen LogP contribution in [0.1, 0.15) is 1.37 Å². The minimum atomic E-state index is -4.84. The topological polar surface area (TPSA) is 157 Å².